The molecule has 0 saturated carbocycles. The van der Waals surface area contributed by atoms with Gasteiger partial charge in [-0.3, -0.25) is 9.11 Å². The van der Waals surface area contributed by atoms with E-state index < -0.39 is 30.0 Å². The van der Waals surface area contributed by atoms with Crippen LogP contribution >= 0.6 is 0 Å². The third kappa shape index (κ3) is 7.32. The van der Waals surface area contributed by atoms with Crippen molar-refractivity contribution in [1.29, 1.82) is 0 Å². The Labute approximate surface area is 247 Å². The van der Waals surface area contributed by atoms with E-state index in [9.17, 15) is 25.9 Å². The maximum absolute atomic E-state index is 12.4. The molecule has 0 heterocycles. The Morgan fingerprint density at radius 1 is 0.789 bits per heavy atom. The number of hydrogen-bond acceptors (Lipinski definition) is 5. The van der Waals surface area contributed by atoms with Crippen molar-refractivity contribution in [1.82, 2.24) is 0 Å². The van der Waals surface area contributed by atoms with Crippen molar-refractivity contribution in [3.05, 3.63) is 83.5 Å². The first-order valence-corrected chi connectivity index (χ1v) is 15.0. The van der Waals surface area contributed by atoms with Crippen molar-refractivity contribution in [3.63, 3.8) is 0 Å². The molecule has 0 amide bonds. The third-order valence-electron chi connectivity index (χ3n) is 6.37. The van der Waals surface area contributed by atoms with Gasteiger partial charge in [-0.1, -0.05) is 18.2 Å². The summed E-state index contributed by atoms with van der Waals surface area (Å²) in [6.07, 6.45) is 7.61. The van der Waals surface area contributed by atoms with Gasteiger partial charge in [-0.05, 0) is 80.8 Å². The number of rotatable bonds is 9. The van der Waals surface area contributed by atoms with Crippen LogP contribution in [-0.2, 0) is 20.2 Å². The second kappa shape index (κ2) is 13.3. The SMILES string of the molecule is CCN(CC)c1ccc(C(=C2C=CC(=[N+](CC)CC)C=C2)c2ccc(S(=O)(=O)O)cc2S(=O)(=O)O)cc1.[Na]. The van der Waals surface area contributed by atoms with E-state index in [1.807, 2.05) is 48.6 Å². The van der Waals surface area contributed by atoms with Crippen molar-refractivity contribution >= 4 is 66.8 Å². The zero-order valence-corrected chi connectivity index (χ0v) is 26.1. The Hall–Kier alpha value is -2.05. The van der Waals surface area contributed by atoms with Gasteiger partial charge in [0.2, 0.25) is 0 Å². The minimum atomic E-state index is -4.85. The Balaban J connectivity index is 0.00000507. The average molecular weight is 569 g/mol. The molecule has 0 bridgehead atoms. The Morgan fingerprint density at radius 2 is 1.34 bits per heavy atom. The molecule has 2 aromatic rings. The Morgan fingerprint density at radius 3 is 1.79 bits per heavy atom. The maximum Gasteiger partial charge on any atom is 0.295 e. The molecule has 3 rings (SSSR count). The normalized spacial score (nSPS) is 13.3. The molecule has 0 aliphatic heterocycles. The monoisotopic (exact) mass is 568 g/mol. The van der Waals surface area contributed by atoms with Gasteiger partial charge in [-0.2, -0.15) is 16.8 Å². The zero-order chi connectivity index (χ0) is 27.4. The van der Waals surface area contributed by atoms with Gasteiger partial charge in [0.15, 0.2) is 5.71 Å². The second-order valence-electron chi connectivity index (χ2n) is 8.42. The molecule has 1 aliphatic carbocycles. The van der Waals surface area contributed by atoms with E-state index in [0.29, 0.717) is 16.7 Å². The molecule has 1 radical (unpaired) electrons. The van der Waals surface area contributed by atoms with Crippen LogP contribution in [0.3, 0.4) is 0 Å². The summed E-state index contributed by atoms with van der Waals surface area (Å²) < 4.78 is 69.9. The summed E-state index contributed by atoms with van der Waals surface area (Å²) >= 11 is 0. The van der Waals surface area contributed by atoms with Gasteiger partial charge in [-0.25, -0.2) is 4.58 Å². The Kier molecular flexibility index (Phi) is 11.3. The smallest absolute Gasteiger partial charge is 0.295 e. The molecular weight excluding hydrogens is 535 g/mol. The number of nitrogens with zero attached hydrogens (tertiary/aromatic N) is 2. The molecule has 0 spiro atoms. The van der Waals surface area contributed by atoms with Crippen LogP contribution in [0.1, 0.15) is 38.8 Å². The van der Waals surface area contributed by atoms with E-state index in [1.54, 1.807) is 0 Å². The van der Waals surface area contributed by atoms with E-state index in [2.05, 4.69) is 37.2 Å². The summed E-state index contributed by atoms with van der Waals surface area (Å²) in [7, 11) is -9.54. The van der Waals surface area contributed by atoms with Gasteiger partial charge in [-0.15, -0.1) is 0 Å². The fourth-order valence-corrected chi connectivity index (χ4v) is 5.72. The van der Waals surface area contributed by atoms with E-state index in [-0.39, 0.29) is 35.1 Å². The molecule has 11 heteroatoms. The molecule has 199 valence electrons. The average Bonchev–Trinajstić information content (AvgIpc) is 2.86. The maximum atomic E-state index is 12.4. The molecule has 0 unspecified atom stereocenters. The van der Waals surface area contributed by atoms with Crippen molar-refractivity contribution in [2.45, 2.75) is 37.5 Å². The number of benzene rings is 2. The Bertz CT molecular complexity index is 1480. The van der Waals surface area contributed by atoms with Crippen molar-refractivity contribution in [2.24, 2.45) is 0 Å². The summed E-state index contributed by atoms with van der Waals surface area (Å²) in [6, 6.07) is 10.8. The van der Waals surface area contributed by atoms with Gasteiger partial charge in [0.25, 0.3) is 20.2 Å². The van der Waals surface area contributed by atoms with Crippen LogP contribution in [0.5, 0.6) is 0 Å². The fraction of sp³-hybridized carbons (Fsp3) is 0.296. The molecule has 0 aromatic heterocycles. The van der Waals surface area contributed by atoms with Gasteiger partial charge in [0.1, 0.15) is 18.0 Å². The molecule has 0 atom stereocenters. The first-order chi connectivity index (χ1) is 17.4. The summed E-state index contributed by atoms with van der Waals surface area (Å²) in [6.45, 7) is 11.5. The van der Waals surface area contributed by atoms with Crippen LogP contribution in [0, 0.1) is 0 Å². The summed E-state index contributed by atoms with van der Waals surface area (Å²) in [5, 5.41) is 0. The number of allylic oxidation sites excluding steroid dienone is 5. The van der Waals surface area contributed by atoms with Crippen LogP contribution in [0.25, 0.3) is 5.57 Å². The summed E-state index contributed by atoms with van der Waals surface area (Å²) in [4.78, 5) is 0.933. The minimum absolute atomic E-state index is 0. The van der Waals surface area contributed by atoms with E-state index >= 15 is 0 Å². The second-order valence-corrected chi connectivity index (χ2v) is 11.2. The zero-order valence-electron chi connectivity index (χ0n) is 22.4. The molecule has 2 aromatic carbocycles. The molecule has 0 fully saturated rings. The van der Waals surface area contributed by atoms with E-state index in [4.69, 9.17) is 0 Å². The van der Waals surface area contributed by atoms with Gasteiger partial charge < -0.3 is 4.90 Å². The quantitative estimate of drug-likeness (QED) is 0.266. The van der Waals surface area contributed by atoms with Gasteiger partial charge >= 0.3 is 0 Å². The largest absolute Gasteiger partial charge is 0.372 e. The van der Waals surface area contributed by atoms with Gasteiger partial charge in [0.05, 0.1) is 4.90 Å². The van der Waals surface area contributed by atoms with Crippen LogP contribution < -0.4 is 4.90 Å². The first kappa shape index (κ1) is 32.2. The molecule has 8 nitrogen and oxygen atoms in total. The number of anilines is 1. The summed E-state index contributed by atoms with van der Waals surface area (Å²) in [5.74, 6) is 0. The molecule has 38 heavy (non-hydrogen) atoms. The predicted octanol–water partition coefficient (Wildman–Crippen LogP) is 4.07. The van der Waals surface area contributed by atoms with E-state index in [0.717, 1.165) is 49.7 Å². The molecule has 1 aliphatic rings. The van der Waals surface area contributed by atoms with Crippen molar-refractivity contribution in [3.8, 4) is 0 Å². The fourth-order valence-electron chi connectivity index (χ4n) is 4.42. The number of hydrogen-bond donors (Lipinski definition) is 2. The van der Waals surface area contributed by atoms with Crippen LogP contribution in [0.4, 0.5) is 5.69 Å². The molecule has 0 saturated heterocycles. The molecular formula is C27H33N2NaO6S2+. The van der Waals surface area contributed by atoms with Crippen molar-refractivity contribution < 1.29 is 30.5 Å². The van der Waals surface area contributed by atoms with Gasteiger partial charge in [0, 0.05) is 66.0 Å². The molecule has 2 N–H and O–H groups in total. The standard InChI is InChI=1S/C27H32N2O6S2.Na/c1-5-28(6-2)22-13-9-20(10-14-22)27(21-11-15-23(16-12-21)29(7-3)8-4)25-18-17-24(36(30,31)32)19-26(25)37(33,34)35;/h9-19H,5-8H2,1-4H3,(H-,30,31,32,33,34,35);/p+1. The predicted molar refractivity (Wildman–Crippen MR) is 152 cm³/mol. The van der Waals surface area contributed by atoms with E-state index in [1.165, 1.54) is 6.07 Å². The van der Waals surface area contributed by atoms with Crippen LogP contribution in [0.15, 0.2) is 82.1 Å². The minimum Gasteiger partial charge on any atom is -0.372 e. The van der Waals surface area contributed by atoms with Crippen LogP contribution in [-0.4, -0.2) is 92.0 Å². The first-order valence-electron chi connectivity index (χ1n) is 12.1. The summed E-state index contributed by atoms with van der Waals surface area (Å²) in [5.41, 5.74) is 3.96. The third-order valence-corrected chi connectivity index (χ3v) is 8.11. The topological polar surface area (TPSA) is 115 Å². The van der Waals surface area contributed by atoms with Crippen molar-refractivity contribution in [2.75, 3.05) is 31.1 Å². The van der Waals surface area contributed by atoms with Crippen LogP contribution in [0.2, 0.25) is 0 Å².